The first-order valence-electron chi connectivity index (χ1n) is 10.3. The molecule has 0 saturated heterocycles. The molecule has 0 fully saturated rings. The summed E-state index contributed by atoms with van der Waals surface area (Å²) < 4.78 is 11.2. The predicted octanol–water partition coefficient (Wildman–Crippen LogP) is 5.25. The molecule has 0 saturated carbocycles. The Kier molecular flexibility index (Phi) is 8.93. The average Bonchev–Trinajstić information content (AvgIpc) is 2.84. The topological polar surface area (TPSA) is 97.4 Å². The van der Waals surface area contributed by atoms with Gasteiger partial charge in [0.15, 0.2) is 0 Å². The van der Waals surface area contributed by atoms with Crippen LogP contribution in [0.4, 0.5) is 5.69 Å². The molecule has 3 N–H and O–H groups in total. The van der Waals surface area contributed by atoms with Crippen LogP contribution in [0.15, 0.2) is 76.5 Å². The van der Waals surface area contributed by atoms with Crippen molar-refractivity contribution in [3.05, 3.63) is 77.9 Å². The van der Waals surface area contributed by atoms with Gasteiger partial charge in [-0.05, 0) is 54.3 Å². The third-order valence-corrected chi connectivity index (χ3v) is 6.53. The lowest BCUT2D eigenvalue weighted by molar-refractivity contribution is -0.127. The molecule has 6 nitrogen and oxygen atoms in total. The second kappa shape index (κ2) is 12.1. The van der Waals surface area contributed by atoms with Crippen molar-refractivity contribution in [2.45, 2.75) is 22.8 Å². The summed E-state index contributed by atoms with van der Waals surface area (Å²) in [6.45, 7) is 2.09. The third kappa shape index (κ3) is 6.85. The average molecular weight is 480 g/mol. The highest BCUT2D eigenvalue weighted by Crippen LogP contribution is 2.29. The first-order valence-corrected chi connectivity index (χ1v) is 12.2. The van der Waals surface area contributed by atoms with Gasteiger partial charge in [0.25, 0.3) is 5.91 Å². The van der Waals surface area contributed by atoms with E-state index in [1.165, 1.54) is 11.8 Å². The van der Waals surface area contributed by atoms with Crippen molar-refractivity contribution in [1.29, 1.82) is 5.26 Å². The SMILES string of the molecule is CCSc1ccc(C(Oc2ccc(C#N)cc2)C(=O)NCSc2ccc(OC)cc2N)cc1. The number of anilines is 1. The molecule has 0 aliphatic rings. The van der Waals surface area contributed by atoms with E-state index in [-0.39, 0.29) is 5.91 Å². The maximum Gasteiger partial charge on any atom is 0.266 e. The van der Waals surface area contributed by atoms with Crippen LogP contribution in [-0.2, 0) is 4.79 Å². The Morgan fingerprint density at radius 2 is 1.76 bits per heavy atom. The number of methoxy groups -OCH3 is 1. The second-order valence-corrected chi connectivity index (χ2v) is 9.22. The summed E-state index contributed by atoms with van der Waals surface area (Å²) in [6.07, 6.45) is -0.840. The molecule has 170 valence electrons. The molecule has 0 aliphatic heterocycles. The Morgan fingerprint density at radius 3 is 2.36 bits per heavy atom. The normalized spacial score (nSPS) is 11.3. The number of rotatable bonds is 10. The van der Waals surface area contributed by atoms with E-state index in [0.29, 0.717) is 28.6 Å². The molecule has 3 aromatic carbocycles. The minimum Gasteiger partial charge on any atom is -0.497 e. The Balaban J connectivity index is 1.72. The fourth-order valence-corrected chi connectivity index (χ4v) is 4.41. The number of nitrogen functional groups attached to an aromatic ring is 1. The van der Waals surface area contributed by atoms with E-state index in [2.05, 4.69) is 18.3 Å². The molecule has 0 aliphatic carbocycles. The second-order valence-electron chi connectivity index (χ2n) is 6.87. The number of hydrogen-bond donors (Lipinski definition) is 2. The molecule has 0 radical (unpaired) electrons. The van der Waals surface area contributed by atoms with Crippen LogP contribution in [0.3, 0.4) is 0 Å². The minimum absolute atomic E-state index is 0.269. The van der Waals surface area contributed by atoms with E-state index in [1.54, 1.807) is 49.2 Å². The lowest BCUT2D eigenvalue weighted by Gasteiger charge is -2.20. The highest BCUT2D eigenvalue weighted by atomic mass is 32.2. The van der Waals surface area contributed by atoms with E-state index in [1.807, 2.05) is 36.4 Å². The van der Waals surface area contributed by atoms with Crippen LogP contribution in [0.25, 0.3) is 0 Å². The van der Waals surface area contributed by atoms with Crippen LogP contribution >= 0.6 is 23.5 Å². The molecule has 3 aromatic rings. The van der Waals surface area contributed by atoms with Gasteiger partial charge in [-0.25, -0.2) is 0 Å². The van der Waals surface area contributed by atoms with Crippen LogP contribution in [0.2, 0.25) is 0 Å². The zero-order valence-electron chi connectivity index (χ0n) is 18.4. The van der Waals surface area contributed by atoms with Crippen molar-refractivity contribution in [3.8, 4) is 17.6 Å². The Labute approximate surface area is 202 Å². The molecule has 0 aromatic heterocycles. The number of carbonyl (C=O) groups is 1. The highest BCUT2D eigenvalue weighted by molar-refractivity contribution is 7.99. The fourth-order valence-electron chi connectivity index (χ4n) is 2.99. The molecule has 3 rings (SSSR count). The van der Waals surface area contributed by atoms with Crippen molar-refractivity contribution in [1.82, 2.24) is 5.32 Å². The lowest BCUT2D eigenvalue weighted by Crippen LogP contribution is -2.32. The number of benzene rings is 3. The smallest absolute Gasteiger partial charge is 0.266 e. The minimum atomic E-state index is -0.840. The maximum absolute atomic E-state index is 13.1. The largest absolute Gasteiger partial charge is 0.497 e. The van der Waals surface area contributed by atoms with E-state index >= 15 is 0 Å². The number of thioether (sulfide) groups is 2. The summed E-state index contributed by atoms with van der Waals surface area (Å²) in [6, 6.07) is 22.0. The van der Waals surface area contributed by atoms with Crippen LogP contribution in [0, 0.1) is 11.3 Å². The van der Waals surface area contributed by atoms with Crippen molar-refractivity contribution in [2.75, 3.05) is 24.5 Å². The predicted molar refractivity (Wildman–Crippen MR) is 134 cm³/mol. The third-order valence-electron chi connectivity index (χ3n) is 4.66. The first kappa shape index (κ1) is 24.4. The number of ether oxygens (including phenoxy) is 2. The molecule has 0 bridgehead atoms. The monoisotopic (exact) mass is 479 g/mol. The van der Waals surface area contributed by atoms with Crippen LogP contribution in [-0.4, -0.2) is 24.6 Å². The van der Waals surface area contributed by atoms with E-state index in [9.17, 15) is 4.79 Å². The van der Waals surface area contributed by atoms with Gasteiger partial charge in [-0.1, -0.05) is 19.1 Å². The van der Waals surface area contributed by atoms with Crippen molar-refractivity contribution >= 4 is 35.1 Å². The highest BCUT2D eigenvalue weighted by Gasteiger charge is 2.23. The Bertz CT molecular complexity index is 1110. The van der Waals surface area contributed by atoms with Gasteiger partial charge in [-0.2, -0.15) is 5.26 Å². The zero-order chi connectivity index (χ0) is 23.6. The molecular weight excluding hydrogens is 454 g/mol. The summed E-state index contributed by atoms with van der Waals surface area (Å²) in [4.78, 5) is 15.1. The van der Waals surface area contributed by atoms with Crippen LogP contribution in [0.1, 0.15) is 24.2 Å². The molecule has 1 unspecified atom stereocenters. The van der Waals surface area contributed by atoms with Gasteiger partial charge in [0.05, 0.1) is 24.6 Å². The molecule has 1 amide bonds. The maximum atomic E-state index is 13.1. The van der Waals surface area contributed by atoms with Crippen molar-refractivity contribution < 1.29 is 14.3 Å². The summed E-state index contributed by atoms with van der Waals surface area (Å²) in [5.74, 6) is 2.22. The van der Waals surface area contributed by atoms with Crippen molar-refractivity contribution in [3.63, 3.8) is 0 Å². The number of carbonyl (C=O) groups excluding carboxylic acids is 1. The summed E-state index contributed by atoms with van der Waals surface area (Å²) in [7, 11) is 1.59. The summed E-state index contributed by atoms with van der Waals surface area (Å²) in [5.41, 5.74) is 7.92. The van der Waals surface area contributed by atoms with Gasteiger partial charge in [-0.15, -0.1) is 23.5 Å². The Hall–Kier alpha value is -3.28. The standard InChI is InChI=1S/C25H25N3O3S2/c1-3-32-21-11-6-18(7-12-21)24(31-19-8-4-17(15-26)5-9-19)25(29)28-16-33-23-13-10-20(30-2)14-22(23)27/h4-14,24H,3,16,27H2,1-2H3,(H,28,29). The van der Waals surface area contributed by atoms with Gasteiger partial charge in [-0.3, -0.25) is 4.79 Å². The molecule has 33 heavy (non-hydrogen) atoms. The van der Waals surface area contributed by atoms with Crippen molar-refractivity contribution in [2.24, 2.45) is 0 Å². The quantitative estimate of drug-likeness (QED) is 0.233. The number of nitrogens with one attached hydrogen (secondary N) is 1. The van der Waals surface area contributed by atoms with Gasteiger partial charge in [0.1, 0.15) is 11.5 Å². The number of nitrogens with zero attached hydrogens (tertiary/aromatic N) is 1. The number of hydrogen-bond acceptors (Lipinski definition) is 7. The summed E-state index contributed by atoms with van der Waals surface area (Å²) >= 11 is 3.15. The summed E-state index contributed by atoms with van der Waals surface area (Å²) in [5, 5.41) is 11.9. The molecular formula is C25H25N3O3S2. The molecule has 0 spiro atoms. The van der Waals surface area contributed by atoms with E-state index < -0.39 is 6.10 Å². The lowest BCUT2D eigenvalue weighted by atomic mass is 10.1. The first-order chi connectivity index (χ1) is 16.0. The van der Waals surface area contributed by atoms with Gasteiger partial charge in [0.2, 0.25) is 6.10 Å². The zero-order valence-corrected chi connectivity index (χ0v) is 20.0. The number of amides is 1. The molecule has 0 heterocycles. The molecule has 8 heteroatoms. The fraction of sp³-hybridized carbons (Fsp3) is 0.200. The Morgan fingerprint density at radius 1 is 1.06 bits per heavy atom. The number of nitrogens with two attached hydrogens (primary N) is 1. The van der Waals surface area contributed by atoms with Crippen LogP contribution < -0.4 is 20.5 Å². The van der Waals surface area contributed by atoms with Gasteiger partial charge < -0.3 is 20.5 Å². The van der Waals surface area contributed by atoms with E-state index in [0.717, 1.165) is 21.1 Å². The van der Waals surface area contributed by atoms with Gasteiger partial charge >= 0.3 is 0 Å². The van der Waals surface area contributed by atoms with Crippen LogP contribution in [0.5, 0.6) is 11.5 Å². The van der Waals surface area contributed by atoms with E-state index in [4.69, 9.17) is 20.5 Å². The molecule has 1 atom stereocenters. The van der Waals surface area contributed by atoms with Gasteiger partial charge in [0, 0.05) is 27.1 Å². The number of nitriles is 1.